The zero-order valence-electron chi connectivity index (χ0n) is 9.59. The SMILES string of the molecule is CN(CC1CCCO1)c1ccc(CO)cn1. The van der Waals surface area contributed by atoms with Crippen molar-refractivity contribution in [3.63, 3.8) is 0 Å². The molecule has 1 N–H and O–H groups in total. The summed E-state index contributed by atoms with van der Waals surface area (Å²) in [7, 11) is 2.02. The monoisotopic (exact) mass is 222 g/mol. The van der Waals surface area contributed by atoms with Gasteiger partial charge in [0, 0.05) is 26.4 Å². The van der Waals surface area contributed by atoms with E-state index >= 15 is 0 Å². The van der Waals surface area contributed by atoms with Crippen molar-refractivity contribution in [3.8, 4) is 0 Å². The largest absolute Gasteiger partial charge is 0.392 e. The van der Waals surface area contributed by atoms with Gasteiger partial charge in [0.1, 0.15) is 5.82 Å². The molecule has 0 saturated carbocycles. The molecule has 1 fully saturated rings. The molecule has 0 aromatic carbocycles. The number of aliphatic hydroxyl groups excluding tert-OH is 1. The van der Waals surface area contributed by atoms with Crippen LogP contribution in [0.2, 0.25) is 0 Å². The molecular weight excluding hydrogens is 204 g/mol. The van der Waals surface area contributed by atoms with Gasteiger partial charge in [-0.25, -0.2) is 4.98 Å². The van der Waals surface area contributed by atoms with Crippen LogP contribution in [0.5, 0.6) is 0 Å². The number of ether oxygens (including phenoxy) is 1. The zero-order chi connectivity index (χ0) is 11.4. The highest BCUT2D eigenvalue weighted by atomic mass is 16.5. The summed E-state index contributed by atoms with van der Waals surface area (Å²) in [4.78, 5) is 6.40. The Hall–Kier alpha value is -1.13. The summed E-state index contributed by atoms with van der Waals surface area (Å²) in [6.07, 6.45) is 4.35. The van der Waals surface area contributed by atoms with Crippen molar-refractivity contribution in [1.82, 2.24) is 4.98 Å². The van der Waals surface area contributed by atoms with Crippen LogP contribution in [0.3, 0.4) is 0 Å². The van der Waals surface area contributed by atoms with E-state index in [1.54, 1.807) is 6.20 Å². The molecule has 4 nitrogen and oxygen atoms in total. The van der Waals surface area contributed by atoms with E-state index < -0.39 is 0 Å². The van der Waals surface area contributed by atoms with Gasteiger partial charge in [0.25, 0.3) is 0 Å². The minimum absolute atomic E-state index is 0.0444. The Labute approximate surface area is 95.9 Å². The molecule has 1 aliphatic rings. The van der Waals surface area contributed by atoms with E-state index in [1.807, 2.05) is 19.2 Å². The molecule has 2 rings (SSSR count). The molecule has 16 heavy (non-hydrogen) atoms. The second kappa shape index (κ2) is 5.27. The van der Waals surface area contributed by atoms with E-state index in [2.05, 4.69) is 9.88 Å². The molecule has 1 aromatic heterocycles. The van der Waals surface area contributed by atoms with Gasteiger partial charge in [-0.3, -0.25) is 0 Å². The Kier molecular flexibility index (Phi) is 3.74. The first-order chi connectivity index (χ1) is 7.79. The summed E-state index contributed by atoms with van der Waals surface area (Å²) in [5.74, 6) is 0.924. The number of rotatable bonds is 4. The molecule has 1 aliphatic heterocycles. The molecule has 1 atom stereocenters. The summed E-state index contributed by atoms with van der Waals surface area (Å²) in [6, 6.07) is 3.83. The van der Waals surface area contributed by atoms with Crippen molar-refractivity contribution >= 4 is 5.82 Å². The molecule has 4 heteroatoms. The van der Waals surface area contributed by atoms with Gasteiger partial charge in [-0.1, -0.05) is 6.07 Å². The Morgan fingerprint density at radius 3 is 3.00 bits per heavy atom. The second-order valence-corrected chi connectivity index (χ2v) is 4.20. The minimum atomic E-state index is 0.0444. The molecule has 1 aromatic rings. The number of likely N-dealkylation sites (N-methyl/N-ethyl adjacent to an activating group) is 1. The van der Waals surface area contributed by atoms with Gasteiger partial charge in [-0.2, -0.15) is 0 Å². The van der Waals surface area contributed by atoms with Crippen LogP contribution in [0, 0.1) is 0 Å². The van der Waals surface area contributed by atoms with Gasteiger partial charge in [-0.05, 0) is 24.5 Å². The molecule has 0 spiro atoms. The third-order valence-electron chi connectivity index (χ3n) is 2.88. The van der Waals surface area contributed by atoms with E-state index in [-0.39, 0.29) is 6.61 Å². The Morgan fingerprint density at radius 2 is 2.44 bits per heavy atom. The Bertz CT molecular complexity index is 320. The van der Waals surface area contributed by atoms with Crippen LogP contribution in [0.1, 0.15) is 18.4 Å². The van der Waals surface area contributed by atoms with Crippen LogP contribution in [0.4, 0.5) is 5.82 Å². The molecule has 1 unspecified atom stereocenters. The lowest BCUT2D eigenvalue weighted by Crippen LogP contribution is -2.29. The van der Waals surface area contributed by atoms with Gasteiger partial charge in [0.05, 0.1) is 12.7 Å². The summed E-state index contributed by atoms with van der Waals surface area (Å²) in [5.41, 5.74) is 0.842. The number of hydrogen-bond donors (Lipinski definition) is 1. The lowest BCUT2D eigenvalue weighted by atomic mass is 10.2. The first kappa shape index (κ1) is 11.4. The summed E-state index contributed by atoms with van der Waals surface area (Å²) >= 11 is 0. The lowest BCUT2D eigenvalue weighted by molar-refractivity contribution is 0.116. The van der Waals surface area contributed by atoms with Gasteiger partial charge in [-0.15, -0.1) is 0 Å². The second-order valence-electron chi connectivity index (χ2n) is 4.20. The highest BCUT2D eigenvalue weighted by Gasteiger charge is 2.17. The number of aliphatic hydroxyl groups is 1. The van der Waals surface area contributed by atoms with Gasteiger partial charge < -0.3 is 14.7 Å². The summed E-state index contributed by atoms with van der Waals surface area (Å²) in [5, 5.41) is 8.92. The molecule has 1 saturated heterocycles. The summed E-state index contributed by atoms with van der Waals surface area (Å²) in [6.45, 7) is 1.81. The first-order valence-electron chi connectivity index (χ1n) is 5.68. The van der Waals surface area contributed by atoms with E-state index in [1.165, 1.54) is 0 Å². The molecule has 0 amide bonds. The van der Waals surface area contributed by atoms with Crippen LogP contribution < -0.4 is 4.90 Å². The molecule has 0 radical (unpaired) electrons. The lowest BCUT2D eigenvalue weighted by Gasteiger charge is -2.21. The number of pyridine rings is 1. The fourth-order valence-electron chi connectivity index (χ4n) is 1.92. The van der Waals surface area contributed by atoms with E-state index in [9.17, 15) is 0 Å². The quantitative estimate of drug-likeness (QED) is 0.831. The molecule has 2 heterocycles. The van der Waals surface area contributed by atoms with E-state index in [4.69, 9.17) is 9.84 Å². The van der Waals surface area contributed by atoms with Crippen molar-refractivity contribution in [2.24, 2.45) is 0 Å². The predicted molar refractivity (Wildman–Crippen MR) is 62.4 cm³/mol. The fraction of sp³-hybridized carbons (Fsp3) is 0.583. The molecule has 0 bridgehead atoms. The number of hydrogen-bond acceptors (Lipinski definition) is 4. The van der Waals surface area contributed by atoms with Crippen molar-refractivity contribution in [2.75, 3.05) is 25.1 Å². The average molecular weight is 222 g/mol. The first-order valence-corrected chi connectivity index (χ1v) is 5.68. The topological polar surface area (TPSA) is 45.6 Å². The van der Waals surface area contributed by atoms with E-state index in [0.717, 1.165) is 37.4 Å². The van der Waals surface area contributed by atoms with Crippen molar-refractivity contribution in [1.29, 1.82) is 0 Å². The van der Waals surface area contributed by atoms with Crippen molar-refractivity contribution in [3.05, 3.63) is 23.9 Å². The number of aromatic nitrogens is 1. The van der Waals surface area contributed by atoms with Crippen LogP contribution in [-0.4, -0.2) is 36.4 Å². The standard InChI is InChI=1S/C12H18N2O2/c1-14(8-11-3-2-6-16-11)12-5-4-10(9-15)7-13-12/h4-5,7,11,15H,2-3,6,8-9H2,1H3. The molecule has 88 valence electrons. The van der Waals surface area contributed by atoms with Crippen LogP contribution in [0.15, 0.2) is 18.3 Å². The maximum Gasteiger partial charge on any atom is 0.128 e. The third-order valence-corrected chi connectivity index (χ3v) is 2.88. The van der Waals surface area contributed by atoms with Gasteiger partial charge in [0.2, 0.25) is 0 Å². The van der Waals surface area contributed by atoms with Crippen LogP contribution in [-0.2, 0) is 11.3 Å². The normalized spacial score (nSPS) is 20.0. The maximum absolute atomic E-state index is 8.92. The fourth-order valence-corrected chi connectivity index (χ4v) is 1.92. The Morgan fingerprint density at radius 1 is 1.56 bits per heavy atom. The average Bonchev–Trinajstić information content (AvgIpc) is 2.82. The summed E-state index contributed by atoms with van der Waals surface area (Å²) < 4.78 is 5.58. The molecular formula is C12H18N2O2. The van der Waals surface area contributed by atoms with Crippen molar-refractivity contribution in [2.45, 2.75) is 25.6 Å². The van der Waals surface area contributed by atoms with Crippen LogP contribution >= 0.6 is 0 Å². The smallest absolute Gasteiger partial charge is 0.128 e. The van der Waals surface area contributed by atoms with Crippen molar-refractivity contribution < 1.29 is 9.84 Å². The highest BCUT2D eigenvalue weighted by molar-refractivity contribution is 5.38. The maximum atomic E-state index is 8.92. The minimum Gasteiger partial charge on any atom is -0.392 e. The zero-order valence-corrected chi connectivity index (χ0v) is 9.59. The highest BCUT2D eigenvalue weighted by Crippen LogP contribution is 2.16. The predicted octanol–water partition coefficient (Wildman–Crippen LogP) is 1.19. The third kappa shape index (κ3) is 2.71. The van der Waals surface area contributed by atoms with Gasteiger partial charge >= 0.3 is 0 Å². The van der Waals surface area contributed by atoms with Gasteiger partial charge in [0.15, 0.2) is 0 Å². The number of anilines is 1. The Balaban J connectivity index is 1.94. The van der Waals surface area contributed by atoms with E-state index in [0.29, 0.717) is 6.10 Å². The van der Waals surface area contributed by atoms with Crippen LogP contribution in [0.25, 0.3) is 0 Å². The molecule has 0 aliphatic carbocycles. The number of nitrogens with zero attached hydrogens (tertiary/aromatic N) is 2.